The Kier molecular flexibility index (Phi) is 4.45. The van der Waals surface area contributed by atoms with E-state index in [1.165, 1.54) is 12.0 Å². The van der Waals surface area contributed by atoms with Crippen molar-refractivity contribution in [1.29, 1.82) is 0 Å². The SMILES string of the molecule is C[C@@H]1CCN(Cc2ccccc2)C[C@@H]1N(C)c1nc2ccccc2o1. The van der Waals surface area contributed by atoms with E-state index >= 15 is 0 Å². The summed E-state index contributed by atoms with van der Waals surface area (Å²) < 4.78 is 5.98. The first kappa shape index (κ1) is 16.2. The highest BCUT2D eigenvalue weighted by atomic mass is 16.4. The van der Waals surface area contributed by atoms with Crippen LogP contribution in [0.25, 0.3) is 11.1 Å². The van der Waals surface area contributed by atoms with Gasteiger partial charge in [0.25, 0.3) is 6.01 Å². The molecule has 1 aromatic heterocycles. The summed E-state index contributed by atoms with van der Waals surface area (Å²) in [4.78, 5) is 9.44. The molecule has 2 heterocycles. The van der Waals surface area contributed by atoms with Crippen molar-refractivity contribution < 1.29 is 4.42 Å². The Morgan fingerprint density at radius 2 is 1.88 bits per heavy atom. The van der Waals surface area contributed by atoms with E-state index in [0.717, 1.165) is 36.7 Å². The number of likely N-dealkylation sites (tertiary alicyclic amines) is 1. The summed E-state index contributed by atoms with van der Waals surface area (Å²) in [5.74, 6) is 0.618. The lowest BCUT2D eigenvalue weighted by Gasteiger charge is -2.41. The normalized spacial score (nSPS) is 21.5. The van der Waals surface area contributed by atoms with Crippen molar-refractivity contribution >= 4 is 17.1 Å². The number of piperidine rings is 1. The van der Waals surface area contributed by atoms with Crippen LogP contribution in [0.4, 0.5) is 6.01 Å². The van der Waals surface area contributed by atoms with Crippen LogP contribution in [0.15, 0.2) is 59.0 Å². The number of rotatable bonds is 4. The van der Waals surface area contributed by atoms with Crippen molar-refractivity contribution in [3.63, 3.8) is 0 Å². The third kappa shape index (κ3) is 3.40. The quantitative estimate of drug-likeness (QED) is 0.716. The van der Waals surface area contributed by atoms with Crippen LogP contribution in [-0.4, -0.2) is 36.1 Å². The van der Waals surface area contributed by atoms with Gasteiger partial charge in [-0.2, -0.15) is 4.98 Å². The van der Waals surface area contributed by atoms with Gasteiger partial charge in [-0.05, 0) is 36.6 Å². The molecule has 0 N–H and O–H groups in total. The minimum Gasteiger partial charge on any atom is -0.423 e. The van der Waals surface area contributed by atoms with Gasteiger partial charge in [-0.3, -0.25) is 4.90 Å². The number of aromatic nitrogens is 1. The van der Waals surface area contributed by atoms with Gasteiger partial charge in [-0.25, -0.2) is 0 Å². The average molecular weight is 335 g/mol. The van der Waals surface area contributed by atoms with E-state index in [4.69, 9.17) is 4.42 Å². The number of hydrogen-bond acceptors (Lipinski definition) is 4. The van der Waals surface area contributed by atoms with Gasteiger partial charge in [0.05, 0.1) is 0 Å². The van der Waals surface area contributed by atoms with E-state index in [-0.39, 0.29) is 0 Å². The molecular formula is C21H25N3O. The zero-order valence-corrected chi connectivity index (χ0v) is 14.9. The number of nitrogens with zero attached hydrogens (tertiary/aromatic N) is 3. The van der Waals surface area contributed by atoms with E-state index in [2.05, 4.69) is 59.1 Å². The minimum atomic E-state index is 0.408. The number of para-hydroxylation sites is 2. The van der Waals surface area contributed by atoms with Gasteiger partial charge in [0.1, 0.15) is 5.52 Å². The van der Waals surface area contributed by atoms with Gasteiger partial charge < -0.3 is 9.32 Å². The van der Waals surface area contributed by atoms with Crippen LogP contribution in [0.2, 0.25) is 0 Å². The summed E-state index contributed by atoms with van der Waals surface area (Å²) in [7, 11) is 2.11. The number of hydrogen-bond donors (Lipinski definition) is 0. The van der Waals surface area contributed by atoms with E-state index in [1.54, 1.807) is 0 Å². The summed E-state index contributed by atoms with van der Waals surface area (Å²) in [6.45, 7) is 5.52. The molecule has 2 aromatic carbocycles. The van der Waals surface area contributed by atoms with Crippen LogP contribution in [0.1, 0.15) is 18.9 Å². The summed E-state index contributed by atoms with van der Waals surface area (Å²) in [5, 5.41) is 0. The maximum Gasteiger partial charge on any atom is 0.298 e. The Balaban J connectivity index is 1.51. The molecule has 0 unspecified atom stereocenters. The van der Waals surface area contributed by atoms with Crippen LogP contribution < -0.4 is 4.90 Å². The zero-order valence-electron chi connectivity index (χ0n) is 14.9. The van der Waals surface area contributed by atoms with Gasteiger partial charge in [-0.15, -0.1) is 0 Å². The highest BCUT2D eigenvalue weighted by Gasteiger charge is 2.31. The summed E-state index contributed by atoms with van der Waals surface area (Å²) in [6, 6.07) is 19.8. The van der Waals surface area contributed by atoms with E-state index in [0.29, 0.717) is 12.0 Å². The molecule has 1 aliphatic heterocycles. The van der Waals surface area contributed by atoms with E-state index in [1.807, 2.05) is 24.3 Å². The lowest BCUT2D eigenvalue weighted by atomic mass is 9.92. The van der Waals surface area contributed by atoms with E-state index in [9.17, 15) is 0 Å². The molecule has 130 valence electrons. The largest absolute Gasteiger partial charge is 0.423 e. The zero-order chi connectivity index (χ0) is 17.2. The predicted molar refractivity (Wildman–Crippen MR) is 102 cm³/mol. The highest BCUT2D eigenvalue weighted by Crippen LogP contribution is 2.28. The Bertz CT molecular complexity index is 796. The maximum absolute atomic E-state index is 5.98. The second-order valence-electron chi connectivity index (χ2n) is 7.13. The minimum absolute atomic E-state index is 0.408. The second kappa shape index (κ2) is 6.89. The van der Waals surface area contributed by atoms with Crippen molar-refractivity contribution in [3.05, 3.63) is 60.2 Å². The Morgan fingerprint density at radius 3 is 2.68 bits per heavy atom. The van der Waals surface area contributed by atoms with Crippen LogP contribution in [0.3, 0.4) is 0 Å². The van der Waals surface area contributed by atoms with Crippen LogP contribution in [0, 0.1) is 5.92 Å². The second-order valence-corrected chi connectivity index (χ2v) is 7.13. The molecule has 0 amide bonds. The molecule has 0 aliphatic carbocycles. The van der Waals surface area contributed by atoms with Crippen molar-refractivity contribution in [3.8, 4) is 0 Å². The fourth-order valence-corrected chi connectivity index (χ4v) is 3.76. The van der Waals surface area contributed by atoms with Crippen molar-refractivity contribution in [2.45, 2.75) is 25.9 Å². The number of anilines is 1. The monoisotopic (exact) mass is 335 g/mol. The summed E-state index contributed by atoms with van der Waals surface area (Å²) in [6.07, 6.45) is 1.20. The predicted octanol–water partition coefficient (Wildman–Crippen LogP) is 4.17. The number of benzene rings is 2. The molecule has 4 rings (SSSR count). The molecule has 3 aromatic rings. The fraction of sp³-hybridized carbons (Fsp3) is 0.381. The molecule has 1 fully saturated rings. The molecule has 4 nitrogen and oxygen atoms in total. The number of fused-ring (bicyclic) bond motifs is 1. The number of oxazole rings is 1. The molecule has 1 saturated heterocycles. The maximum atomic E-state index is 5.98. The number of likely N-dealkylation sites (N-methyl/N-ethyl adjacent to an activating group) is 1. The van der Waals surface area contributed by atoms with Crippen molar-refractivity contribution in [2.24, 2.45) is 5.92 Å². The highest BCUT2D eigenvalue weighted by molar-refractivity contribution is 5.74. The van der Waals surface area contributed by atoms with Gasteiger partial charge in [0.2, 0.25) is 0 Å². The van der Waals surface area contributed by atoms with Gasteiger partial charge in [0, 0.05) is 26.2 Å². The molecule has 0 radical (unpaired) electrons. The first-order valence-electron chi connectivity index (χ1n) is 9.05. The molecule has 4 heteroatoms. The third-order valence-electron chi connectivity index (χ3n) is 5.33. The Morgan fingerprint density at radius 1 is 1.12 bits per heavy atom. The summed E-state index contributed by atoms with van der Waals surface area (Å²) in [5.41, 5.74) is 3.16. The van der Waals surface area contributed by atoms with Crippen LogP contribution in [-0.2, 0) is 6.54 Å². The smallest absolute Gasteiger partial charge is 0.298 e. The average Bonchev–Trinajstić information content (AvgIpc) is 3.08. The molecule has 2 atom stereocenters. The molecule has 0 saturated carbocycles. The Labute approximate surface area is 149 Å². The Hall–Kier alpha value is -2.33. The van der Waals surface area contributed by atoms with Gasteiger partial charge in [0.15, 0.2) is 5.58 Å². The van der Waals surface area contributed by atoms with Crippen LogP contribution >= 0.6 is 0 Å². The first-order valence-corrected chi connectivity index (χ1v) is 9.05. The lowest BCUT2D eigenvalue weighted by Crippen LogP contribution is -2.50. The van der Waals surface area contributed by atoms with Crippen LogP contribution in [0.5, 0.6) is 0 Å². The molecule has 0 bridgehead atoms. The van der Waals surface area contributed by atoms with Crippen molar-refractivity contribution in [1.82, 2.24) is 9.88 Å². The van der Waals surface area contributed by atoms with E-state index < -0.39 is 0 Å². The first-order chi connectivity index (χ1) is 12.2. The topological polar surface area (TPSA) is 32.5 Å². The van der Waals surface area contributed by atoms with Gasteiger partial charge >= 0.3 is 0 Å². The van der Waals surface area contributed by atoms with Gasteiger partial charge in [-0.1, -0.05) is 49.4 Å². The molecule has 1 aliphatic rings. The lowest BCUT2D eigenvalue weighted by molar-refractivity contribution is 0.157. The fourth-order valence-electron chi connectivity index (χ4n) is 3.76. The molecule has 0 spiro atoms. The molecule has 25 heavy (non-hydrogen) atoms. The summed E-state index contributed by atoms with van der Waals surface area (Å²) >= 11 is 0. The van der Waals surface area contributed by atoms with Crippen molar-refractivity contribution in [2.75, 3.05) is 25.0 Å². The standard InChI is InChI=1S/C21H25N3O/c1-16-12-13-24(14-17-8-4-3-5-9-17)15-19(16)23(2)21-22-18-10-6-7-11-20(18)25-21/h3-11,16,19H,12-15H2,1-2H3/t16-,19+/m1/s1. The molecular weight excluding hydrogens is 310 g/mol. The third-order valence-corrected chi connectivity index (χ3v) is 5.33.